The summed E-state index contributed by atoms with van der Waals surface area (Å²) in [6, 6.07) is 2.80. The maximum absolute atomic E-state index is 14.4. The van der Waals surface area contributed by atoms with Gasteiger partial charge in [-0.05, 0) is 17.5 Å². The number of nitrogens with zero attached hydrogens (tertiary/aromatic N) is 2. The van der Waals surface area contributed by atoms with E-state index >= 15 is 0 Å². The molecule has 1 aromatic carbocycles. The standard InChI is InChI=1S/C17H20F2N2OS/c1-17(2,3)14-11(4-5-12(18)15(14)19)13-10-23-16(20-13)21-6-8-22-9-7-21/h4-5,10H,6-9H2,1-3H3. The third kappa shape index (κ3) is 3.23. The van der Waals surface area contributed by atoms with Crippen molar-refractivity contribution < 1.29 is 13.5 Å². The second-order valence-electron chi connectivity index (χ2n) is 6.65. The lowest BCUT2D eigenvalue weighted by Crippen LogP contribution is -2.36. The number of benzene rings is 1. The molecule has 1 aliphatic heterocycles. The van der Waals surface area contributed by atoms with Gasteiger partial charge in [-0.15, -0.1) is 11.3 Å². The Morgan fingerprint density at radius 3 is 2.52 bits per heavy atom. The maximum atomic E-state index is 14.4. The Labute approximate surface area is 138 Å². The molecule has 3 nitrogen and oxygen atoms in total. The van der Waals surface area contributed by atoms with Gasteiger partial charge in [-0.1, -0.05) is 20.8 Å². The fourth-order valence-electron chi connectivity index (χ4n) is 2.79. The van der Waals surface area contributed by atoms with E-state index in [0.717, 1.165) is 18.2 Å². The molecule has 0 spiro atoms. The summed E-state index contributed by atoms with van der Waals surface area (Å²) in [5, 5.41) is 2.81. The number of hydrogen-bond acceptors (Lipinski definition) is 4. The largest absolute Gasteiger partial charge is 0.378 e. The molecule has 0 aliphatic carbocycles. The normalized spacial score (nSPS) is 16.0. The zero-order valence-corrected chi connectivity index (χ0v) is 14.3. The van der Waals surface area contributed by atoms with Gasteiger partial charge in [0.25, 0.3) is 0 Å². The van der Waals surface area contributed by atoms with Crippen LogP contribution in [0.4, 0.5) is 13.9 Å². The molecule has 1 aromatic heterocycles. The fourth-order valence-corrected chi connectivity index (χ4v) is 3.66. The molecular weight excluding hydrogens is 318 g/mol. The Morgan fingerprint density at radius 1 is 1.17 bits per heavy atom. The van der Waals surface area contributed by atoms with Crippen molar-refractivity contribution in [2.45, 2.75) is 26.2 Å². The number of aromatic nitrogens is 1. The van der Waals surface area contributed by atoms with Gasteiger partial charge >= 0.3 is 0 Å². The van der Waals surface area contributed by atoms with Crippen molar-refractivity contribution in [3.8, 4) is 11.3 Å². The Morgan fingerprint density at radius 2 is 1.87 bits per heavy atom. The molecular formula is C17H20F2N2OS. The molecule has 124 valence electrons. The van der Waals surface area contributed by atoms with E-state index in [-0.39, 0.29) is 0 Å². The highest BCUT2D eigenvalue weighted by atomic mass is 32.1. The number of anilines is 1. The van der Waals surface area contributed by atoms with Crippen molar-refractivity contribution in [1.82, 2.24) is 4.98 Å². The number of hydrogen-bond donors (Lipinski definition) is 0. The van der Waals surface area contributed by atoms with Gasteiger partial charge in [0.05, 0.1) is 18.9 Å². The number of ether oxygens (including phenoxy) is 1. The Hall–Kier alpha value is -1.53. The first-order valence-corrected chi connectivity index (χ1v) is 8.53. The Bertz CT molecular complexity index is 703. The van der Waals surface area contributed by atoms with Crippen molar-refractivity contribution in [3.63, 3.8) is 0 Å². The summed E-state index contributed by atoms with van der Waals surface area (Å²) in [5.74, 6) is -1.60. The molecule has 2 aromatic rings. The van der Waals surface area contributed by atoms with Crippen molar-refractivity contribution in [1.29, 1.82) is 0 Å². The smallest absolute Gasteiger partial charge is 0.186 e. The minimum absolute atomic E-state index is 0.372. The first kappa shape index (κ1) is 16.3. The van der Waals surface area contributed by atoms with Gasteiger partial charge < -0.3 is 9.64 Å². The third-order valence-electron chi connectivity index (χ3n) is 3.89. The van der Waals surface area contributed by atoms with Crippen LogP contribution in [0, 0.1) is 11.6 Å². The van der Waals surface area contributed by atoms with E-state index in [1.165, 1.54) is 17.4 Å². The molecule has 0 bridgehead atoms. The molecule has 23 heavy (non-hydrogen) atoms. The zero-order chi connectivity index (χ0) is 16.6. The molecule has 0 unspecified atom stereocenters. The van der Waals surface area contributed by atoms with Gasteiger partial charge in [-0.25, -0.2) is 13.8 Å². The highest BCUT2D eigenvalue weighted by Crippen LogP contribution is 2.37. The molecule has 0 atom stereocenters. The third-order valence-corrected chi connectivity index (χ3v) is 4.80. The number of thiazole rings is 1. The van der Waals surface area contributed by atoms with Gasteiger partial charge in [0.15, 0.2) is 16.8 Å². The number of rotatable bonds is 2. The predicted molar refractivity (Wildman–Crippen MR) is 89.2 cm³/mol. The average molecular weight is 338 g/mol. The van der Waals surface area contributed by atoms with Crippen LogP contribution in [0.25, 0.3) is 11.3 Å². The number of halogens is 2. The molecule has 0 saturated carbocycles. The van der Waals surface area contributed by atoms with Crippen LogP contribution in [0.5, 0.6) is 0 Å². The summed E-state index contributed by atoms with van der Waals surface area (Å²) in [6.07, 6.45) is 0. The van der Waals surface area contributed by atoms with Crippen LogP contribution in [0.15, 0.2) is 17.5 Å². The van der Waals surface area contributed by atoms with E-state index in [0.29, 0.717) is 30.0 Å². The second-order valence-corrected chi connectivity index (χ2v) is 7.49. The van der Waals surface area contributed by atoms with E-state index in [1.807, 2.05) is 26.2 Å². The van der Waals surface area contributed by atoms with Gasteiger partial charge in [0.1, 0.15) is 0 Å². The summed E-state index contributed by atoms with van der Waals surface area (Å²) >= 11 is 1.52. The molecule has 6 heteroatoms. The first-order chi connectivity index (χ1) is 10.9. The minimum atomic E-state index is -0.817. The van der Waals surface area contributed by atoms with E-state index < -0.39 is 17.0 Å². The first-order valence-electron chi connectivity index (χ1n) is 7.65. The lowest BCUT2D eigenvalue weighted by atomic mass is 9.82. The van der Waals surface area contributed by atoms with Crippen LogP contribution >= 0.6 is 11.3 Å². The molecule has 2 heterocycles. The van der Waals surface area contributed by atoms with Crippen LogP contribution in [0.3, 0.4) is 0 Å². The Kier molecular flexibility index (Phi) is 4.38. The molecule has 3 rings (SSSR count). The SMILES string of the molecule is CC(C)(C)c1c(-c2csc(N3CCOCC3)n2)ccc(F)c1F. The average Bonchev–Trinajstić information content (AvgIpc) is 2.99. The van der Waals surface area contributed by atoms with Gasteiger partial charge in [-0.2, -0.15) is 0 Å². The van der Waals surface area contributed by atoms with Gasteiger partial charge in [0.2, 0.25) is 0 Å². The topological polar surface area (TPSA) is 25.4 Å². The van der Waals surface area contributed by atoms with Gasteiger partial charge in [0, 0.05) is 29.6 Å². The van der Waals surface area contributed by atoms with Crippen LogP contribution in [-0.4, -0.2) is 31.3 Å². The minimum Gasteiger partial charge on any atom is -0.378 e. The van der Waals surface area contributed by atoms with Crippen LogP contribution < -0.4 is 4.90 Å². The van der Waals surface area contributed by atoms with Crippen LogP contribution in [0.2, 0.25) is 0 Å². The molecule has 0 radical (unpaired) electrons. The monoisotopic (exact) mass is 338 g/mol. The fraction of sp³-hybridized carbons (Fsp3) is 0.471. The summed E-state index contributed by atoms with van der Waals surface area (Å²) in [5.41, 5.74) is 1.22. The molecule has 1 saturated heterocycles. The lowest BCUT2D eigenvalue weighted by Gasteiger charge is -2.26. The van der Waals surface area contributed by atoms with Crippen molar-refractivity contribution in [2.75, 3.05) is 31.2 Å². The number of morpholine rings is 1. The molecule has 0 N–H and O–H groups in total. The van der Waals surface area contributed by atoms with Crippen LogP contribution in [-0.2, 0) is 10.2 Å². The maximum Gasteiger partial charge on any atom is 0.186 e. The van der Waals surface area contributed by atoms with Crippen molar-refractivity contribution >= 4 is 16.5 Å². The van der Waals surface area contributed by atoms with E-state index in [4.69, 9.17) is 4.74 Å². The summed E-state index contributed by atoms with van der Waals surface area (Å²) in [6.45, 7) is 8.62. The van der Waals surface area contributed by atoms with Crippen molar-refractivity contribution in [2.24, 2.45) is 0 Å². The van der Waals surface area contributed by atoms with Gasteiger partial charge in [-0.3, -0.25) is 0 Å². The summed E-state index contributed by atoms with van der Waals surface area (Å²) < 4.78 is 33.4. The Balaban J connectivity index is 2.02. The van der Waals surface area contributed by atoms with E-state index in [9.17, 15) is 8.78 Å². The molecule has 1 aliphatic rings. The zero-order valence-electron chi connectivity index (χ0n) is 13.5. The summed E-state index contributed by atoms with van der Waals surface area (Å²) in [4.78, 5) is 6.81. The van der Waals surface area contributed by atoms with E-state index in [1.54, 1.807) is 6.07 Å². The quantitative estimate of drug-likeness (QED) is 0.820. The highest BCUT2D eigenvalue weighted by Gasteiger charge is 2.27. The highest BCUT2D eigenvalue weighted by molar-refractivity contribution is 7.14. The van der Waals surface area contributed by atoms with Crippen molar-refractivity contribution in [3.05, 3.63) is 34.7 Å². The summed E-state index contributed by atoms with van der Waals surface area (Å²) in [7, 11) is 0. The molecule has 1 fully saturated rings. The predicted octanol–water partition coefficient (Wildman–Crippen LogP) is 4.22. The lowest BCUT2D eigenvalue weighted by molar-refractivity contribution is 0.122. The second kappa shape index (κ2) is 6.17. The van der Waals surface area contributed by atoms with E-state index in [2.05, 4.69) is 9.88 Å². The van der Waals surface area contributed by atoms with Crippen LogP contribution in [0.1, 0.15) is 26.3 Å². The molecule has 0 amide bonds.